The van der Waals surface area contributed by atoms with Crippen LogP contribution < -0.4 is 5.32 Å². The van der Waals surface area contributed by atoms with Gasteiger partial charge in [0.05, 0.1) is 5.57 Å². The van der Waals surface area contributed by atoms with Gasteiger partial charge in [0.2, 0.25) is 0 Å². The predicted molar refractivity (Wildman–Crippen MR) is 59.3 cm³/mol. The van der Waals surface area contributed by atoms with Gasteiger partial charge in [-0.1, -0.05) is 30.3 Å². The van der Waals surface area contributed by atoms with Gasteiger partial charge in [0, 0.05) is 12.2 Å². The zero-order valence-electron chi connectivity index (χ0n) is 8.95. The zero-order chi connectivity index (χ0) is 11.3. The molecule has 80 valence electrons. The molecular formula is C12H15NO2. The SMILES string of the molecule is C/C(NCc1ccccc1)=C(\C)C(=O)O. The van der Waals surface area contributed by atoms with E-state index in [4.69, 9.17) is 5.11 Å². The van der Waals surface area contributed by atoms with Gasteiger partial charge in [-0.15, -0.1) is 0 Å². The number of carbonyl (C=O) groups is 1. The van der Waals surface area contributed by atoms with E-state index in [9.17, 15) is 4.79 Å². The lowest BCUT2D eigenvalue weighted by Gasteiger charge is -2.08. The third-order valence-electron chi connectivity index (χ3n) is 2.28. The second-order valence-corrected chi connectivity index (χ2v) is 3.39. The van der Waals surface area contributed by atoms with Crippen LogP contribution in [-0.2, 0) is 11.3 Å². The molecule has 3 nitrogen and oxygen atoms in total. The van der Waals surface area contributed by atoms with Crippen LogP contribution in [0.5, 0.6) is 0 Å². The minimum absolute atomic E-state index is 0.353. The summed E-state index contributed by atoms with van der Waals surface area (Å²) in [4.78, 5) is 10.7. The predicted octanol–water partition coefficient (Wildman–Crippen LogP) is 2.15. The molecule has 0 amide bonds. The molecule has 0 aromatic heterocycles. The Morgan fingerprint density at radius 2 is 1.87 bits per heavy atom. The van der Waals surface area contributed by atoms with Crippen LogP contribution in [0.25, 0.3) is 0 Å². The average Bonchev–Trinajstić information content (AvgIpc) is 2.26. The Hall–Kier alpha value is -1.77. The van der Waals surface area contributed by atoms with Crippen molar-refractivity contribution >= 4 is 5.97 Å². The fraction of sp³-hybridized carbons (Fsp3) is 0.250. The van der Waals surface area contributed by atoms with E-state index in [2.05, 4.69) is 5.32 Å². The van der Waals surface area contributed by atoms with E-state index in [0.717, 1.165) is 5.56 Å². The Balaban J connectivity index is 2.58. The minimum Gasteiger partial charge on any atom is -0.478 e. The lowest BCUT2D eigenvalue weighted by Crippen LogP contribution is -2.14. The van der Waals surface area contributed by atoms with Crippen LogP contribution in [0.15, 0.2) is 41.6 Å². The van der Waals surface area contributed by atoms with Gasteiger partial charge >= 0.3 is 5.97 Å². The average molecular weight is 205 g/mol. The van der Waals surface area contributed by atoms with Crippen molar-refractivity contribution in [3.8, 4) is 0 Å². The molecule has 1 aromatic rings. The molecule has 0 saturated heterocycles. The van der Waals surface area contributed by atoms with Crippen molar-refractivity contribution in [2.45, 2.75) is 20.4 Å². The second kappa shape index (κ2) is 5.20. The number of allylic oxidation sites excluding steroid dienone is 1. The maximum atomic E-state index is 10.7. The van der Waals surface area contributed by atoms with Gasteiger partial charge in [-0.3, -0.25) is 0 Å². The van der Waals surface area contributed by atoms with Crippen LogP contribution in [-0.4, -0.2) is 11.1 Å². The molecule has 0 bridgehead atoms. The van der Waals surface area contributed by atoms with Gasteiger partial charge in [0.25, 0.3) is 0 Å². The summed E-state index contributed by atoms with van der Waals surface area (Å²) in [7, 11) is 0. The second-order valence-electron chi connectivity index (χ2n) is 3.39. The van der Waals surface area contributed by atoms with Crippen LogP contribution in [0.2, 0.25) is 0 Å². The molecule has 15 heavy (non-hydrogen) atoms. The highest BCUT2D eigenvalue weighted by molar-refractivity contribution is 5.86. The van der Waals surface area contributed by atoms with E-state index in [1.165, 1.54) is 0 Å². The molecule has 0 heterocycles. The first-order valence-corrected chi connectivity index (χ1v) is 4.80. The van der Waals surface area contributed by atoms with E-state index in [0.29, 0.717) is 17.8 Å². The first-order valence-electron chi connectivity index (χ1n) is 4.80. The number of carboxylic acid groups (broad SMARTS) is 1. The van der Waals surface area contributed by atoms with Crippen molar-refractivity contribution in [2.24, 2.45) is 0 Å². The first kappa shape index (κ1) is 11.3. The van der Waals surface area contributed by atoms with Gasteiger partial charge in [0.15, 0.2) is 0 Å². The molecule has 0 aliphatic rings. The summed E-state index contributed by atoms with van der Waals surface area (Å²) in [5.41, 5.74) is 2.19. The molecule has 1 rings (SSSR count). The third-order valence-corrected chi connectivity index (χ3v) is 2.28. The molecule has 0 radical (unpaired) electrons. The molecule has 0 aliphatic heterocycles. The summed E-state index contributed by atoms with van der Waals surface area (Å²) in [5.74, 6) is -0.881. The standard InChI is InChI=1S/C12H15NO2/c1-9(12(14)15)10(2)13-8-11-6-4-3-5-7-11/h3-7,13H,8H2,1-2H3,(H,14,15)/b10-9-. The maximum Gasteiger partial charge on any atom is 0.333 e. The molecule has 2 N–H and O–H groups in total. The van der Waals surface area contributed by atoms with E-state index in [1.807, 2.05) is 30.3 Å². The fourth-order valence-corrected chi connectivity index (χ4v) is 1.12. The lowest BCUT2D eigenvalue weighted by atomic mass is 10.2. The summed E-state index contributed by atoms with van der Waals surface area (Å²) in [6, 6.07) is 9.86. The number of benzene rings is 1. The summed E-state index contributed by atoms with van der Waals surface area (Å²) in [6.07, 6.45) is 0. The van der Waals surface area contributed by atoms with Crippen molar-refractivity contribution in [3.63, 3.8) is 0 Å². The molecular weight excluding hydrogens is 190 g/mol. The van der Waals surface area contributed by atoms with E-state index in [-0.39, 0.29) is 0 Å². The van der Waals surface area contributed by atoms with E-state index in [1.54, 1.807) is 13.8 Å². The van der Waals surface area contributed by atoms with E-state index < -0.39 is 5.97 Å². The fourth-order valence-electron chi connectivity index (χ4n) is 1.12. The Labute approximate surface area is 89.4 Å². The van der Waals surface area contributed by atoms with Crippen molar-refractivity contribution in [2.75, 3.05) is 0 Å². The molecule has 0 saturated carbocycles. The van der Waals surface area contributed by atoms with Crippen LogP contribution in [0, 0.1) is 0 Å². The maximum absolute atomic E-state index is 10.7. The third kappa shape index (κ3) is 3.46. The summed E-state index contributed by atoms with van der Waals surface area (Å²) in [5, 5.41) is 11.8. The van der Waals surface area contributed by atoms with Gasteiger partial charge in [-0.2, -0.15) is 0 Å². The molecule has 3 heteroatoms. The first-order chi connectivity index (χ1) is 7.11. The van der Waals surface area contributed by atoms with Gasteiger partial charge < -0.3 is 10.4 Å². The van der Waals surface area contributed by atoms with Crippen LogP contribution in [0.4, 0.5) is 0 Å². The zero-order valence-corrected chi connectivity index (χ0v) is 8.95. The number of carboxylic acids is 1. The van der Waals surface area contributed by atoms with Crippen LogP contribution >= 0.6 is 0 Å². The van der Waals surface area contributed by atoms with Gasteiger partial charge in [0.1, 0.15) is 0 Å². The van der Waals surface area contributed by atoms with Crippen molar-refractivity contribution in [3.05, 3.63) is 47.2 Å². The summed E-state index contributed by atoms with van der Waals surface area (Å²) in [6.45, 7) is 4.01. The van der Waals surface area contributed by atoms with E-state index >= 15 is 0 Å². The highest BCUT2D eigenvalue weighted by Gasteiger charge is 2.04. The molecule has 1 aromatic carbocycles. The summed E-state index contributed by atoms with van der Waals surface area (Å²) >= 11 is 0. The molecule has 0 fully saturated rings. The molecule has 0 unspecified atom stereocenters. The van der Waals surface area contributed by atoms with Crippen molar-refractivity contribution < 1.29 is 9.90 Å². The number of aliphatic carboxylic acids is 1. The Morgan fingerprint density at radius 3 is 2.40 bits per heavy atom. The quantitative estimate of drug-likeness (QED) is 0.740. The highest BCUT2D eigenvalue weighted by atomic mass is 16.4. The monoisotopic (exact) mass is 205 g/mol. The topological polar surface area (TPSA) is 49.3 Å². The number of nitrogens with one attached hydrogen (secondary N) is 1. The molecule has 0 aliphatic carbocycles. The molecule has 0 atom stereocenters. The Morgan fingerprint density at radius 1 is 1.27 bits per heavy atom. The van der Waals surface area contributed by atoms with Gasteiger partial charge in [-0.05, 0) is 19.4 Å². The minimum atomic E-state index is -0.881. The highest BCUT2D eigenvalue weighted by Crippen LogP contribution is 2.03. The Bertz CT molecular complexity index is 368. The van der Waals surface area contributed by atoms with Crippen molar-refractivity contribution in [1.29, 1.82) is 0 Å². The Kier molecular flexibility index (Phi) is 3.92. The van der Waals surface area contributed by atoms with Gasteiger partial charge in [-0.25, -0.2) is 4.79 Å². The summed E-state index contributed by atoms with van der Waals surface area (Å²) < 4.78 is 0. The van der Waals surface area contributed by atoms with Crippen LogP contribution in [0.1, 0.15) is 19.4 Å². The lowest BCUT2D eigenvalue weighted by molar-refractivity contribution is -0.132. The smallest absolute Gasteiger partial charge is 0.333 e. The van der Waals surface area contributed by atoms with Crippen LogP contribution in [0.3, 0.4) is 0 Å². The number of hydrogen-bond acceptors (Lipinski definition) is 2. The molecule has 0 spiro atoms. The largest absolute Gasteiger partial charge is 0.478 e. The van der Waals surface area contributed by atoms with Crippen molar-refractivity contribution in [1.82, 2.24) is 5.32 Å². The number of rotatable bonds is 4. The normalized spacial score (nSPS) is 11.9. The number of hydrogen-bond donors (Lipinski definition) is 2.